The van der Waals surface area contributed by atoms with E-state index in [0.717, 1.165) is 24.2 Å². The fraction of sp³-hybridized carbons (Fsp3) is 0.238. The van der Waals surface area contributed by atoms with E-state index in [0.29, 0.717) is 17.9 Å². The standard InChI is InChI=1S/C21H23NO3/c1-3-4-14-25-20-11-6-5-8-17(20)12-13-21(24)22-19-10-7-9-18(15-19)16(2)23/h5-13,15H,3-4,14H2,1-2H3,(H,22,24). The Labute approximate surface area is 148 Å². The van der Waals surface area contributed by atoms with Gasteiger partial charge in [0.1, 0.15) is 5.75 Å². The van der Waals surface area contributed by atoms with Crippen LogP contribution in [0.3, 0.4) is 0 Å². The number of hydrogen-bond acceptors (Lipinski definition) is 3. The number of carbonyl (C=O) groups is 2. The van der Waals surface area contributed by atoms with E-state index < -0.39 is 0 Å². The number of rotatable bonds is 8. The molecule has 0 aromatic heterocycles. The van der Waals surface area contributed by atoms with Crippen molar-refractivity contribution < 1.29 is 14.3 Å². The number of nitrogens with one attached hydrogen (secondary N) is 1. The first-order chi connectivity index (χ1) is 12.1. The Bertz CT molecular complexity index is 765. The number of ether oxygens (including phenoxy) is 1. The van der Waals surface area contributed by atoms with Crippen LogP contribution >= 0.6 is 0 Å². The highest BCUT2D eigenvalue weighted by molar-refractivity contribution is 6.03. The van der Waals surface area contributed by atoms with E-state index in [2.05, 4.69) is 12.2 Å². The second kappa shape index (κ2) is 9.42. The highest BCUT2D eigenvalue weighted by Crippen LogP contribution is 2.20. The monoisotopic (exact) mass is 337 g/mol. The number of para-hydroxylation sites is 1. The van der Waals surface area contributed by atoms with E-state index in [9.17, 15) is 9.59 Å². The van der Waals surface area contributed by atoms with Crippen molar-refractivity contribution in [1.29, 1.82) is 0 Å². The summed E-state index contributed by atoms with van der Waals surface area (Å²) in [6.45, 7) is 4.27. The summed E-state index contributed by atoms with van der Waals surface area (Å²) in [4.78, 5) is 23.5. The maximum Gasteiger partial charge on any atom is 0.248 e. The van der Waals surface area contributed by atoms with E-state index in [-0.39, 0.29) is 11.7 Å². The lowest BCUT2D eigenvalue weighted by Gasteiger charge is -2.08. The molecule has 130 valence electrons. The van der Waals surface area contributed by atoms with Crippen molar-refractivity contribution in [3.05, 3.63) is 65.7 Å². The molecule has 2 aromatic carbocycles. The third-order valence-corrected chi connectivity index (χ3v) is 3.63. The molecule has 0 fully saturated rings. The second-order valence-corrected chi connectivity index (χ2v) is 5.70. The molecule has 4 heteroatoms. The summed E-state index contributed by atoms with van der Waals surface area (Å²) in [6.07, 6.45) is 5.25. The Morgan fingerprint density at radius 3 is 2.68 bits per heavy atom. The molecule has 4 nitrogen and oxygen atoms in total. The highest BCUT2D eigenvalue weighted by Gasteiger charge is 2.04. The van der Waals surface area contributed by atoms with Gasteiger partial charge >= 0.3 is 0 Å². The first kappa shape index (κ1) is 18.5. The number of benzene rings is 2. The molecular formula is C21H23NO3. The minimum atomic E-state index is -0.260. The van der Waals surface area contributed by atoms with E-state index in [1.165, 1.54) is 13.0 Å². The summed E-state index contributed by atoms with van der Waals surface area (Å²) in [7, 11) is 0. The average Bonchev–Trinajstić information content (AvgIpc) is 2.61. The van der Waals surface area contributed by atoms with Crippen molar-refractivity contribution >= 4 is 23.5 Å². The molecule has 0 heterocycles. The van der Waals surface area contributed by atoms with Gasteiger partial charge in [0.2, 0.25) is 5.91 Å². The van der Waals surface area contributed by atoms with Crippen LogP contribution in [0.2, 0.25) is 0 Å². The quantitative estimate of drug-likeness (QED) is 0.431. The fourth-order valence-electron chi connectivity index (χ4n) is 2.24. The van der Waals surface area contributed by atoms with E-state index in [1.54, 1.807) is 30.3 Å². The van der Waals surface area contributed by atoms with Crippen LogP contribution in [0.5, 0.6) is 5.75 Å². The van der Waals surface area contributed by atoms with Crippen LogP contribution in [0.25, 0.3) is 6.08 Å². The average molecular weight is 337 g/mol. The Kier molecular flexibility index (Phi) is 6.96. The first-order valence-electron chi connectivity index (χ1n) is 8.42. The fourth-order valence-corrected chi connectivity index (χ4v) is 2.24. The van der Waals surface area contributed by atoms with Crippen LogP contribution in [0, 0.1) is 0 Å². The number of ketones is 1. The lowest BCUT2D eigenvalue weighted by atomic mass is 10.1. The van der Waals surface area contributed by atoms with Crippen molar-refractivity contribution in [3.63, 3.8) is 0 Å². The molecule has 0 aliphatic rings. The Balaban J connectivity index is 2.03. The molecule has 25 heavy (non-hydrogen) atoms. The summed E-state index contributed by atoms with van der Waals surface area (Å²) in [6, 6.07) is 14.5. The third kappa shape index (κ3) is 5.92. The molecule has 0 saturated carbocycles. The normalized spacial score (nSPS) is 10.6. The van der Waals surface area contributed by atoms with Gasteiger partial charge in [-0.15, -0.1) is 0 Å². The number of amides is 1. The highest BCUT2D eigenvalue weighted by atomic mass is 16.5. The molecule has 2 aromatic rings. The van der Waals surface area contributed by atoms with Gasteiger partial charge in [0.25, 0.3) is 0 Å². The smallest absolute Gasteiger partial charge is 0.248 e. The first-order valence-corrected chi connectivity index (χ1v) is 8.42. The van der Waals surface area contributed by atoms with Crippen molar-refractivity contribution in [2.75, 3.05) is 11.9 Å². The molecule has 0 spiro atoms. The van der Waals surface area contributed by atoms with Gasteiger partial charge in [-0.05, 0) is 37.6 Å². The van der Waals surface area contributed by atoms with Gasteiger partial charge in [0.05, 0.1) is 6.61 Å². The number of unbranched alkanes of at least 4 members (excludes halogenated alkanes) is 1. The summed E-state index contributed by atoms with van der Waals surface area (Å²) in [5, 5.41) is 2.76. The molecule has 0 unspecified atom stereocenters. The van der Waals surface area contributed by atoms with Gasteiger partial charge in [-0.2, -0.15) is 0 Å². The van der Waals surface area contributed by atoms with Crippen LogP contribution in [0.4, 0.5) is 5.69 Å². The molecule has 1 N–H and O–H groups in total. The molecule has 0 saturated heterocycles. The number of Topliss-reactive ketones (excluding diaryl/α,β-unsaturated/α-hetero) is 1. The predicted molar refractivity (Wildman–Crippen MR) is 101 cm³/mol. The van der Waals surface area contributed by atoms with Crippen LogP contribution in [0.1, 0.15) is 42.6 Å². The Morgan fingerprint density at radius 2 is 1.92 bits per heavy atom. The van der Waals surface area contributed by atoms with E-state index >= 15 is 0 Å². The largest absolute Gasteiger partial charge is 0.493 e. The predicted octanol–water partition coefficient (Wildman–Crippen LogP) is 4.72. The summed E-state index contributed by atoms with van der Waals surface area (Å²) in [5.41, 5.74) is 2.01. The van der Waals surface area contributed by atoms with Crippen LogP contribution < -0.4 is 10.1 Å². The molecule has 0 aliphatic heterocycles. The number of carbonyl (C=O) groups excluding carboxylic acids is 2. The van der Waals surface area contributed by atoms with Gasteiger partial charge in [0.15, 0.2) is 5.78 Å². The molecule has 0 radical (unpaired) electrons. The summed E-state index contributed by atoms with van der Waals surface area (Å²) >= 11 is 0. The van der Waals surface area contributed by atoms with Gasteiger partial charge < -0.3 is 10.1 Å². The lowest BCUT2D eigenvalue weighted by molar-refractivity contribution is -0.111. The Hall–Kier alpha value is -2.88. The number of hydrogen-bond donors (Lipinski definition) is 1. The van der Waals surface area contributed by atoms with Crippen molar-refractivity contribution in [2.24, 2.45) is 0 Å². The minimum absolute atomic E-state index is 0.0372. The topological polar surface area (TPSA) is 55.4 Å². The maximum atomic E-state index is 12.1. The summed E-state index contributed by atoms with van der Waals surface area (Å²) < 4.78 is 5.75. The molecule has 0 bridgehead atoms. The van der Waals surface area contributed by atoms with Crippen LogP contribution in [-0.2, 0) is 4.79 Å². The van der Waals surface area contributed by atoms with Gasteiger partial charge in [-0.1, -0.05) is 43.7 Å². The zero-order valence-electron chi connectivity index (χ0n) is 14.6. The van der Waals surface area contributed by atoms with Gasteiger partial charge in [0, 0.05) is 22.9 Å². The zero-order valence-corrected chi connectivity index (χ0v) is 14.6. The summed E-state index contributed by atoms with van der Waals surface area (Å²) in [5.74, 6) is 0.465. The van der Waals surface area contributed by atoms with Crippen LogP contribution in [-0.4, -0.2) is 18.3 Å². The van der Waals surface area contributed by atoms with Crippen LogP contribution in [0.15, 0.2) is 54.6 Å². The third-order valence-electron chi connectivity index (χ3n) is 3.63. The van der Waals surface area contributed by atoms with Gasteiger partial charge in [-0.25, -0.2) is 0 Å². The SMILES string of the molecule is CCCCOc1ccccc1C=CC(=O)Nc1cccc(C(C)=O)c1. The van der Waals surface area contributed by atoms with E-state index in [4.69, 9.17) is 4.74 Å². The molecule has 0 aliphatic carbocycles. The van der Waals surface area contributed by atoms with Crippen molar-refractivity contribution in [2.45, 2.75) is 26.7 Å². The number of anilines is 1. The lowest BCUT2D eigenvalue weighted by Crippen LogP contribution is -2.08. The van der Waals surface area contributed by atoms with Gasteiger partial charge in [-0.3, -0.25) is 9.59 Å². The second-order valence-electron chi connectivity index (χ2n) is 5.70. The zero-order chi connectivity index (χ0) is 18.1. The van der Waals surface area contributed by atoms with E-state index in [1.807, 2.05) is 24.3 Å². The molecule has 2 rings (SSSR count). The maximum absolute atomic E-state index is 12.1. The minimum Gasteiger partial charge on any atom is -0.493 e. The molecule has 1 amide bonds. The Morgan fingerprint density at radius 1 is 1.12 bits per heavy atom. The molecular weight excluding hydrogens is 314 g/mol. The van der Waals surface area contributed by atoms with Crippen molar-refractivity contribution in [1.82, 2.24) is 0 Å². The van der Waals surface area contributed by atoms with Crippen molar-refractivity contribution in [3.8, 4) is 5.75 Å². The molecule has 0 atom stereocenters.